The van der Waals surface area contributed by atoms with E-state index in [4.69, 9.17) is 19.5 Å². The smallest absolute Gasteiger partial charge is 0.331 e. The lowest BCUT2D eigenvalue weighted by Gasteiger charge is -2.14. The number of hydrogen-bond donors (Lipinski definition) is 0. The van der Waals surface area contributed by atoms with Gasteiger partial charge in [0.15, 0.2) is 24.7 Å². The first-order valence-corrected chi connectivity index (χ1v) is 7.94. The van der Waals surface area contributed by atoms with Gasteiger partial charge in [0.25, 0.3) is 5.91 Å². The summed E-state index contributed by atoms with van der Waals surface area (Å²) in [6.07, 6.45) is 4.80. The van der Waals surface area contributed by atoms with Gasteiger partial charge in [0.2, 0.25) is 0 Å². The van der Waals surface area contributed by atoms with Crippen LogP contribution in [0.1, 0.15) is 18.4 Å². The fourth-order valence-corrected chi connectivity index (χ4v) is 2.42. The Morgan fingerprint density at radius 3 is 2.72 bits per heavy atom. The van der Waals surface area contributed by atoms with E-state index < -0.39 is 5.97 Å². The maximum Gasteiger partial charge on any atom is 0.331 e. The summed E-state index contributed by atoms with van der Waals surface area (Å²) in [7, 11) is 1.49. The average Bonchev–Trinajstić information content (AvgIpc) is 3.17. The summed E-state index contributed by atoms with van der Waals surface area (Å²) in [5, 5.41) is 8.54. The molecule has 1 heterocycles. The van der Waals surface area contributed by atoms with Gasteiger partial charge in [-0.1, -0.05) is 6.07 Å². The van der Waals surface area contributed by atoms with E-state index in [0.29, 0.717) is 17.1 Å². The molecule has 0 radical (unpaired) electrons. The second-order valence-corrected chi connectivity index (χ2v) is 5.39. The number of likely N-dealkylation sites (tertiary alicyclic amines) is 1. The maximum absolute atomic E-state index is 11.8. The first-order chi connectivity index (χ1) is 12.1. The third-order valence-electron chi connectivity index (χ3n) is 3.69. The van der Waals surface area contributed by atoms with E-state index in [2.05, 4.69) is 0 Å². The summed E-state index contributed by atoms with van der Waals surface area (Å²) >= 11 is 0. The Bertz CT molecular complexity index is 687. The highest BCUT2D eigenvalue weighted by Gasteiger charge is 2.18. The standard InChI is InChI=1S/C18H20N2O5/c1-23-16-12-14(4-6-15(16)24-11-8-19)5-7-18(22)25-13-17(21)20-9-2-3-10-20/h4-7,12H,2-3,9-11,13H2,1H3/b7-5+. The van der Waals surface area contributed by atoms with Crippen molar-refractivity contribution in [1.82, 2.24) is 4.90 Å². The summed E-state index contributed by atoms with van der Waals surface area (Å²) in [6.45, 7) is 1.13. The fraction of sp³-hybridized carbons (Fsp3) is 0.389. The van der Waals surface area contributed by atoms with Gasteiger partial charge in [-0.25, -0.2) is 4.79 Å². The van der Waals surface area contributed by atoms with E-state index >= 15 is 0 Å². The third kappa shape index (κ3) is 5.53. The fourth-order valence-electron chi connectivity index (χ4n) is 2.42. The number of hydrogen-bond acceptors (Lipinski definition) is 6. The van der Waals surface area contributed by atoms with Crippen molar-refractivity contribution in [3.8, 4) is 17.6 Å². The van der Waals surface area contributed by atoms with E-state index in [9.17, 15) is 9.59 Å². The highest BCUT2D eigenvalue weighted by molar-refractivity contribution is 5.89. The van der Waals surface area contributed by atoms with Gasteiger partial charge in [-0.05, 0) is 36.6 Å². The molecular formula is C18H20N2O5. The van der Waals surface area contributed by atoms with Gasteiger partial charge in [0.1, 0.15) is 6.07 Å². The molecule has 1 aromatic carbocycles. The van der Waals surface area contributed by atoms with Crippen molar-refractivity contribution in [3.05, 3.63) is 29.8 Å². The number of nitriles is 1. The topological polar surface area (TPSA) is 88.9 Å². The number of ether oxygens (including phenoxy) is 3. The molecule has 132 valence electrons. The zero-order valence-electron chi connectivity index (χ0n) is 14.1. The zero-order chi connectivity index (χ0) is 18.1. The lowest BCUT2D eigenvalue weighted by atomic mass is 10.2. The third-order valence-corrected chi connectivity index (χ3v) is 3.69. The van der Waals surface area contributed by atoms with Crippen LogP contribution in [0.25, 0.3) is 6.08 Å². The Kier molecular flexibility index (Phi) is 6.84. The van der Waals surface area contributed by atoms with Gasteiger partial charge >= 0.3 is 5.97 Å². The van der Waals surface area contributed by atoms with Crippen LogP contribution in [0.3, 0.4) is 0 Å². The van der Waals surface area contributed by atoms with Crippen LogP contribution < -0.4 is 9.47 Å². The first kappa shape index (κ1) is 18.3. The van der Waals surface area contributed by atoms with Crippen molar-refractivity contribution >= 4 is 18.0 Å². The minimum atomic E-state index is -0.587. The molecule has 25 heavy (non-hydrogen) atoms. The summed E-state index contributed by atoms with van der Waals surface area (Å²) in [6, 6.07) is 6.92. The Balaban J connectivity index is 1.88. The van der Waals surface area contributed by atoms with Crippen molar-refractivity contribution in [2.45, 2.75) is 12.8 Å². The van der Waals surface area contributed by atoms with E-state index in [1.165, 1.54) is 13.2 Å². The molecule has 1 aliphatic heterocycles. The molecule has 0 unspecified atom stereocenters. The molecule has 0 atom stereocenters. The SMILES string of the molecule is COc1cc(/C=C/C(=O)OCC(=O)N2CCCC2)ccc1OCC#N. The van der Waals surface area contributed by atoms with Gasteiger partial charge in [-0.15, -0.1) is 0 Å². The van der Waals surface area contributed by atoms with Gasteiger partial charge in [0, 0.05) is 19.2 Å². The van der Waals surface area contributed by atoms with Gasteiger partial charge < -0.3 is 19.1 Å². The van der Waals surface area contributed by atoms with Gasteiger partial charge in [0.05, 0.1) is 7.11 Å². The Morgan fingerprint density at radius 2 is 2.04 bits per heavy atom. The van der Waals surface area contributed by atoms with E-state index in [1.807, 2.05) is 6.07 Å². The van der Waals surface area contributed by atoms with Crippen molar-refractivity contribution in [2.75, 3.05) is 33.4 Å². The van der Waals surface area contributed by atoms with Crippen molar-refractivity contribution in [3.63, 3.8) is 0 Å². The number of rotatable bonds is 7. The summed E-state index contributed by atoms with van der Waals surface area (Å²) in [4.78, 5) is 25.2. The number of carbonyl (C=O) groups is 2. The lowest BCUT2D eigenvalue weighted by Crippen LogP contribution is -2.31. The largest absolute Gasteiger partial charge is 0.493 e. The normalized spacial score (nSPS) is 13.5. The molecule has 1 saturated heterocycles. The molecule has 0 bridgehead atoms. The number of amides is 1. The molecule has 1 aromatic rings. The number of carbonyl (C=O) groups excluding carboxylic acids is 2. The van der Waals surface area contributed by atoms with Crippen LogP contribution in [0.2, 0.25) is 0 Å². The first-order valence-electron chi connectivity index (χ1n) is 7.94. The van der Waals surface area contributed by atoms with Crippen molar-refractivity contribution in [1.29, 1.82) is 5.26 Å². The molecule has 1 aliphatic rings. The van der Waals surface area contributed by atoms with Gasteiger partial charge in [-0.2, -0.15) is 5.26 Å². The second kappa shape index (κ2) is 9.33. The minimum absolute atomic E-state index is 0.0804. The van der Waals surface area contributed by atoms with Crippen LogP contribution in [0.15, 0.2) is 24.3 Å². The summed E-state index contributed by atoms with van der Waals surface area (Å²) in [5.41, 5.74) is 0.698. The van der Waals surface area contributed by atoms with Gasteiger partial charge in [-0.3, -0.25) is 4.79 Å². The lowest BCUT2D eigenvalue weighted by molar-refractivity contribution is -0.147. The molecule has 7 heteroatoms. The monoisotopic (exact) mass is 344 g/mol. The highest BCUT2D eigenvalue weighted by Crippen LogP contribution is 2.28. The summed E-state index contributed by atoms with van der Waals surface area (Å²) in [5.74, 6) is 0.145. The van der Waals surface area contributed by atoms with Crippen LogP contribution in [0.4, 0.5) is 0 Å². The van der Waals surface area contributed by atoms with Crippen LogP contribution >= 0.6 is 0 Å². The van der Waals surface area contributed by atoms with Crippen LogP contribution in [-0.4, -0.2) is 50.2 Å². The molecule has 2 rings (SSSR count). The van der Waals surface area contributed by atoms with Crippen molar-refractivity contribution < 1.29 is 23.8 Å². The molecule has 1 fully saturated rings. The molecule has 0 saturated carbocycles. The van der Waals surface area contributed by atoms with Crippen LogP contribution in [0.5, 0.6) is 11.5 Å². The minimum Gasteiger partial charge on any atom is -0.493 e. The quantitative estimate of drug-likeness (QED) is 0.553. The second-order valence-electron chi connectivity index (χ2n) is 5.39. The predicted octanol–water partition coefficient (Wildman–Crippen LogP) is 1.78. The number of nitrogens with zero attached hydrogens (tertiary/aromatic N) is 2. The predicted molar refractivity (Wildman–Crippen MR) is 89.9 cm³/mol. The van der Waals surface area contributed by atoms with E-state index in [-0.39, 0.29) is 19.1 Å². The maximum atomic E-state index is 11.8. The molecule has 7 nitrogen and oxygen atoms in total. The molecule has 0 spiro atoms. The number of benzene rings is 1. The number of methoxy groups -OCH3 is 1. The van der Waals surface area contributed by atoms with Crippen molar-refractivity contribution in [2.24, 2.45) is 0 Å². The van der Waals surface area contributed by atoms with Crippen LogP contribution in [0, 0.1) is 11.3 Å². The molecule has 0 aliphatic carbocycles. The Labute approximate surface area is 146 Å². The van der Waals surface area contributed by atoms with Crippen LogP contribution in [-0.2, 0) is 14.3 Å². The molecule has 1 amide bonds. The van der Waals surface area contributed by atoms with E-state index in [1.54, 1.807) is 29.2 Å². The molecular weight excluding hydrogens is 324 g/mol. The summed E-state index contributed by atoms with van der Waals surface area (Å²) < 4.78 is 15.4. The van der Waals surface area contributed by atoms with E-state index in [0.717, 1.165) is 25.9 Å². The Morgan fingerprint density at radius 1 is 1.28 bits per heavy atom. The highest BCUT2D eigenvalue weighted by atomic mass is 16.5. The Hall–Kier alpha value is -3.01. The number of esters is 1. The zero-order valence-corrected chi connectivity index (χ0v) is 14.1. The molecule has 0 aromatic heterocycles. The average molecular weight is 344 g/mol. The molecule has 0 N–H and O–H groups in total.